The molecule has 4 aromatic carbocycles. The molecule has 0 aliphatic heterocycles. The topological polar surface area (TPSA) is 49.4 Å². The van der Waals surface area contributed by atoms with Gasteiger partial charge in [-0.15, -0.1) is 0 Å². The second kappa shape index (κ2) is 11.4. The van der Waals surface area contributed by atoms with Crippen molar-refractivity contribution in [3.63, 3.8) is 0 Å². The van der Waals surface area contributed by atoms with E-state index in [0.717, 1.165) is 21.9 Å². The number of likely N-dealkylation sites (N-methyl/N-ethyl adjacent to an activating group) is 1. The third-order valence-corrected chi connectivity index (χ3v) is 6.30. The van der Waals surface area contributed by atoms with Gasteiger partial charge in [-0.25, -0.2) is 4.39 Å². The van der Waals surface area contributed by atoms with Gasteiger partial charge in [-0.1, -0.05) is 91.0 Å². The number of amides is 2. The first-order chi connectivity index (χ1) is 17.1. The van der Waals surface area contributed by atoms with Gasteiger partial charge in [0.15, 0.2) is 0 Å². The number of benzene rings is 4. The van der Waals surface area contributed by atoms with Crippen molar-refractivity contribution >= 4 is 22.6 Å². The summed E-state index contributed by atoms with van der Waals surface area (Å²) in [6.07, 6.45) is 1.08. The first-order valence-corrected chi connectivity index (χ1v) is 11.8. The lowest BCUT2D eigenvalue weighted by Crippen LogP contribution is -2.49. The second-order valence-corrected chi connectivity index (χ2v) is 8.57. The maximum Gasteiger partial charge on any atom is 0.242 e. The van der Waals surface area contributed by atoms with Crippen LogP contribution in [0.4, 0.5) is 4.39 Å². The number of hydrogen-bond donors (Lipinski definition) is 1. The molecule has 0 spiro atoms. The molecule has 35 heavy (non-hydrogen) atoms. The number of fused-ring (bicyclic) bond motifs is 1. The smallest absolute Gasteiger partial charge is 0.242 e. The third-order valence-electron chi connectivity index (χ3n) is 6.30. The molecule has 1 unspecified atom stereocenters. The predicted molar refractivity (Wildman–Crippen MR) is 137 cm³/mol. The van der Waals surface area contributed by atoms with Crippen LogP contribution in [0.3, 0.4) is 0 Å². The number of rotatable bonds is 9. The van der Waals surface area contributed by atoms with Gasteiger partial charge >= 0.3 is 0 Å². The van der Waals surface area contributed by atoms with E-state index in [0.29, 0.717) is 18.4 Å². The van der Waals surface area contributed by atoms with Gasteiger partial charge < -0.3 is 10.2 Å². The molecule has 5 heteroatoms. The zero-order chi connectivity index (χ0) is 24.6. The van der Waals surface area contributed by atoms with Crippen molar-refractivity contribution in [1.82, 2.24) is 10.2 Å². The van der Waals surface area contributed by atoms with Crippen LogP contribution in [-0.2, 0) is 29.0 Å². The van der Waals surface area contributed by atoms with Crippen molar-refractivity contribution in [2.45, 2.75) is 31.8 Å². The second-order valence-electron chi connectivity index (χ2n) is 8.57. The normalized spacial score (nSPS) is 11.7. The van der Waals surface area contributed by atoms with Crippen molar-refractivity contribution in [2.75, 3.05) is 7.05 Å². The molecular weight excluding hydrogens is 439 g/mol. The maximum atomic E-state index is 14.6. The Labute approximate surface area is 205 Å². The maximum absolute atomic E-state index is 14.6. The molecule has 0 radical (unpaired) electrons. The average molecular weight is 469 g/mol. The Bertz CT molecular complexity index is 1300. The zero-order valence-electron chi connectivity index (χ0n) is 19.8. The molecule has 0 bridgehead atoms. The SMILES string of the molecule is CNC(=O)C(Cc1ccccc1)N(Cc1ccccc1F)C(=O)CCc1cccc2ccccc12. The number of halogens is 1. The lowest BCUT2D eigenvalue weighted by atomic mass is 9.99. The highest BCUT2D eigenvalue weighted by Crippen LogP contribution is 2.22. The summed E-state index contributed by atoms with van der Waals surface area (Å²) in [6, 6.07) is 29.3. The minimum absolute atomic E-state index is 0.0198. The highest BCUT2D eigenvalue weighted by Gasteiger charge is 2.30. The van der Waals surface area contributed by atoms with E-state index in [9.17, 15) is 14.0 Å². The molecule has 4 nitrogen and oxygen atoms in total. The standard InChI is InChI=1S/C30H29FN2O2/c1-32-30(35)28(20-22-10-3-2-4-11-22)33(21-25-13-6-8-17-27(25)31)29(34)19-18-24-15-9-14-23-12-5-7-16-26(23)24/h2-17,28H,18-21H2,1H3,(H,32,35). The van der Waals surface area contributed by atoms with Gasteiger partial charge in [0.05, 0.1) is 0 Å². The number of aryl methyl sites for hydroxylation is 1. The molecular formula is C30H29FN2O2. The van der Waals surface area contributed by atoms with Crippen LogP contribution in [0.25, 0.3) is 10.8 Å². The van der Waals surface area contributed by atoms with Crippen LogP contribution in [0.5, 0.6) is 0 Å². The van der Waals surface area contributed by atoms with Crippen LogP contribution < -0.4 is 5.32 Å². The Balaban J connectivity index is 1.63. The third kappa shape index (κ3) is 5.93. The summed E-state index contributed by atoms with van der Waals surface area (Å²) >= 11 is 0. The molecule has 178 valence electrons. The molecule has 0 saturated carbocycles. The molecule has 1 N–H and O–H groups in total. The van der Waals surface area contributed by atoms with Gasteiger partial charge in [0.2, 0.25) is 11.8 Å². The Morgan fingerprint density at radius 1 is 0.829 bits per heavy atom. The number of carbonyl (C=O) groups is 2. The van der Waals surface area contributed by atoms with E-state index >= 15 is 0 Å². The number of nitrogens with zero attached hydrogens (tertiary/aromatic N) is 1. The van der Waals surface area contributed by atoms with Crippen LogP contribution in [0, 0.1) is 5.82 Å². The molecule has 1 atom stereocenters. The van der Waals surface area contributed by atoms with E-state index in [2.05, 4.69) is 11.4 Å². The molecule has 4 aromatic rings. The minimum atomic E-state index is -0.762. The summed E-state index contributed by atoms with van der Waals surface area (Å²) in [5.74, 6) is -0.857. The van der Waals surface area contributed by atoms with E-state index in [1.165, 1.54) is 11.0 Å². The quantitative estimate of drug-likeness (QED) is 0.363. The van der Waals surface area contributed by atoms with Crippen LogP contribution in [-0.4, -0.2) is 29.8 Å². The summed E-state index contributed by atoms with van der Waals surface area (Å²) < 4.78 is 14.6. The average Bonchev–Trinajstić information content (AvgIpc) is 2.90. The Hall–Kier alpha value is -3.99. The molecule has 0 aliphatic carbocycles. The lowest BCUT2D eigenvalue weighted by molar-refractivity contribution is -0.141. The molecule has 2 amide bonds. The Kier molecular flexibility index (Phi) is 7.88. The summed E-state index contributed by atoms with van der Waals surface area (Å²) in [4.78, 5) is 28.2. The highest BCUT2D eigenvalue weighted by molar-refractivity contribution is 5.89. The highest BCUT2D eigenvalue weighted by atomic mass is 19.1. The molecule has 0 fully saturated rings. The summed E-state index contributed by atoms with van der Waals surface area (Å²) in [5, 5.41) is 4.92. The van der Waals surface area contributed by atoms with Crippen LogP contribution in [0.2, 0.25) is 0 Å². The Morgan fingerprint density at radius 2 is 1.49 bits per heavy atom. The molecule has 0 saturated heterocycles. The van der Waals surface area contributed by atoms with Gasteiger partial charge in [-0.2, -0.15) is 0 Å². The van der Waals surface area contributed by atoms with E-state index in [-0.39, 0.29) is 24.8 Å². The fourth-order valence-electron chi connectivity index (χ4n) is 4.43. The van der Waals surface area contributed by atoms with Crippen LogP contribution in [0.1, 0.15) is 23.1 Å². The van der Waals surface area contributed by atoms with Crippen molar-refractivity contribution < 1.29 is 14.0 Å². The molecule has 0 aliphatic rings. The van der Waals surface area contributed by atoms with E-state index < -0.39 is 11.9 Å². The number of carbonyl (C=O) groups excluding carboxylic acids is 2. The van der Waals surface area contributed by atoms with Gasteiger partial charge in [0.1, 0.15) is 11.9 Å². The summed E-state index contributed by atoms with van der Waals surface area (Å²) in [7, 11) is 1.56. The van der Waals surface area contributed by atoms with Gasteiger partial charge in [-0.3, -0.25) is 9.59 Å². The van der Waals surface area contributed by atoms with Crippen molar-refractivity contribution in [1.29, 1.82) is 0 Å². The molecule has 0 aromatic heterocycles. The van der Waals surface area contributed by atoms with Crippen molar-refractivity contribution in [3.8, 4) is 0 Å². The Morgan fingerprint density at radius 3 is 2.26 bits per heavy atom. The number of hydrogen-bond acceptors (Lipinski definition) is 2. The predicted octanol–water partition coefficient (Wildman–Crippen LogP) is 5.30. The monoisotopic (exact) mass is 468 g/mol. The first kappa shape index (κ1) is 24.1. The van der Waals surface area contributed by atoms with Crippen LogP contribution in [0.15, 0.2) is 97.1 Å². The summed E-state index contributed by atoms with van der Waals surface area (Å²) in [6.45, 7) is 0.0198. The van der Waals surface area contributed by atoms with Crippen LogP contribution >= 0.6 is 0 Å². The first-order valence-electron chi connectivity index (χ1n) is 11.8. The van der Waals surface area contributed by atoms with E-state index in [1.54, 1.807) is 25.2 Å². The van der Waals surface area contributed by atoms with Crippen molar-refractivity contribution in [2.24, 2.45) is 0 Å². The fourth-order valence-corrected chi connectivity index (χ4v) is 4.43. The van der Waals surface area contributed by atoms with E-state index in [4.69, 9.17) is 0 Å². The largest absolute Gasteiger partial charge is 0.357 e. The van der Waals surface area contributed by atoms with Crippen molar-refractivity contribution in [3.05, 3.63) is 120 Å². The minimum Gasteiger partial charge on any atom is -0.357 e. The lowest BCUT2D eigenvalue weighted by Gasteiger charge is -2.31. The van der Waals surface area contributed by atoms with Gasteiger partial charge in [0, 0.05) is 32.0 Å². The van der Waals surface area contributed by atoms with Gasteiger partial charge in [0.25, 0.3) is 0 Å². The fraction of sp³-hybridized carbons (Fsp3) is 0.200. The van der Waals surface area contributed by atoms with E-state index in [1.807, 2.05) is 66.7 Å². The molecule has 4 rings (SSSR count). The number of nitrogens with one attached hydrogen (secondary N) is 1. The molecule has 0 heterocycles. The zero-order valence-corrected chi connectivity index (χ0v) is 19.8. The van der Waals surface area contributed by atoms with Gasteiger partial charge in [-0.05, 0) is 34.4 Å². The summed E-state index contributed by atoms with van der Waals surface area (Å²) in [5.41, 5.74) is 2.39.